The van der Waals surface area contributed by atoms with Gasteiger partial charge in [-0.15, -0.1) is 0 Å². The first-order valence-corrected chi connectivity index (χ1v) is 32.6. The summed E-state index contributed by atoms with van der Waals surface area (Å²) in [6.45, 7) is -0.164. The van der Waals surface area contributed by atoms with E-state index in [1.54, 1.807) is 0 Å². The summed E-state index contributed by atoms with van der Waals surface area (Å²) in [7, 11) is 0. The summed E-state index contributed by atoms with van der Waals surface area (Å²) in [5.41, 5.74) is 29.1. The van der Waals surface area contributed by atoms with Crippen molar-refractivity contribution < 1.29 is 0 Å². The number of anilines is 6. The Morgan fingerprint density at radius 1 is 0.281 bits per heavy atom. The van der Waals surface area contributed by atoms with Gasteiger partial charge in [-0.2, -0.15) is 5.26 Å². The Kier molecular flexibility index (Phi) is 13.6. The van der Waals surface area contributed by atoms with Gasteiger partial charge in [-0.1, -0.05) is 261 Å². The molecule has 0 aliphatic carbocycles. The molecular formula is C89H57BN6. The van der Waals surface area contributed by atoms with E-state index in [-0.39, 0.29) is 6.71 Å². The average molecular weight is 1220 g/mol. The van der Waals surface area contributed by atoms with Crippen molar-refractivity contribution in [3.63, 3.8) is 0 Å². The van der Waals surface area contributed by atoms with Gasteiger partial charge in [0, 0.05) is 61.6 Å². The fourth-order valence-corrected chi connectivity index (χ4v) is 14.7. The number of hydrogen-bond acceptors (Lipinski definition) is 5. The highest BCUT2D eigenvalue weighted by molar-refractivity contribution is 7.00. The molecule has 0 bridgehead atoms. The Labute approximate surface area is 557 Å². The Bertz CT molecular complexity index is 5440. The number of nitrogens with zero attached hydrogens (tertiary/aromatic N) is 6. The molecule has 2 aromatic heterocycles. The minimum Gasteiger partial charge on any atom is -0.311 e. The summed E-state index contributed by atoms with van der Waals surface area (Å²) < 4.78 is 2.25. The zero-order valence-corrected chi connectivity index (χ0v) is 52.2. The van der Waals surface area contributed by atoms with E-state index < -0.39 is 0 Å². The highest BCUT2D eigenvalue weighted by atomic mass is 15.2. The van der Waals surface area contributed by atoms with Crippen molar-refractivity contribution in [3.8, 4) is 101 Å². The number of rotatable bonds is 11. The van der Waals surface area contributed by atoms with Crippen LogP contribution in [0.4, 0.5) is 34.1 Å². The Morgan fingerprint density at radius 2 is 0.677 bits per heavy atom. The van der Waals surface area contributed by atoms with Crippen LogP contribution in [0.3, 0.4) is 0 Å². The molecule has 0 amide bonds. The minimum absolute atomic E-state index is 0.164. The lowest BCUT2D eigenvalue weighted by Gasteiger charge is -2.44. The van der Waals surface area contributed by atoms with Crippen molar-refractivity contribution in [3.05, 3.63) is 351 Å². The fraction of sp³-hybridized carbons (Fsp3) is 0. The van der Waals surface area contributed by atoms with Gasteiger partial charge in [0.05, 0.1) is 33.7 Å². The number of nitriles is 1. The predicted molar refractivity (Wildman–Crippen MR) is 399 cm³/mol. The smallest absolute Gasteiger partial charge is 0.252 e. The molecule has 0 N–H and O–H groups in total. The maximum absolute atomic E-state index is 11.5. The Morgan fingerprint density at radius 3 is 1.16 bits per heavy atom. The molecule has 0 unspecified atom stereocenters. The van der Waals surface area contributed by atoms with Gasteiger partial charge in [0.2, 0.25) is 0 Å². The highest BCUT2D eigenvalue weighted by Crippen LogP contribution is 2.49. The average Bonchev–Trinajstić information content (AvgIpc) is 0.798. The summed E-state index contributed by atoms with van der Waals surface area (Å²) >= 11 is 0. The molecule has 446 valence electrons. The van der Waals surface area contributed by atoms with Crippen molar-refractivity contribution >= 4 is 79.0 Å². The lowest BCUT2D eigenvalue weighted by Crippen LogP contribution is -2.61. The maximum atomic E-state index is 11.5. The van der Waals surface area contributed by atoms with Crippen molar-refractivity contribution in [1.29, 1.82) is 5.26 Å². The van der Waals surface area contributed by atoms with E-state index in [1.807, 2.05) is 54.6 Å². The molecule has 4 heterocycles. The van der Waals surface area contributed by atoms with Crippen molar-refractivity contribution in [2.75, 3.05) is 9.80 Å². The molecule has 7 heteroatoms. The van der Waals surface area contributed by atoms with Crippen LogP contribution in [0, 0.1) is 11.3 Å². The molecule has 2 aliphatic heterocycles. The number of benzene rings is 14. The fourth-order valence-electron chi connectivity index (χ4n) is 14.7. The van der Waals surface area contributed by atoms with Crippen LogP contribution in [0.2, 0.25) is 0 Å². The van der Waals surface area contributed by atoms with Gasteiger partial charge < -0.3 is 14.4 Å². The summed E-state index contributed by atoms with van der Waals surface area (Å²) in [6.07, 6.45) is 0. The summed E-state index contributed by atoms with van der Waals surface area (Å²) in [5.74, 6) is 0.483. The van der Waals surface area contributed by atoms with Gasteiger partial charge >= 0.3 is 0 Å². The number of aromatic nitrogens is 3. The normalized spacial score (nSPS) is 12.1. The molecule has 0 fully saturated rings. The van der Waals surface area contributed by atoms with E-state index in [2.05, 4.69) is 312 Å². The monoisotopic (exact) mass is 1220 g/mol. The Hall–Kier alpha value is -12.9. The van der Waals surface area contributed by atoms with E-state index in [0.29, 0.717) is 17.0 Å². The molecule has 2 aliphatic rings. The zero-order valence-electron chi connectivity index (χ0n) is 52.2. The second-order valence-electron chi connectivity index (χ2n) is 24.7. The summed E-state index contributed by atoms with van der Waals surface area (Å²) in [5, 5.41) is 13.6. The molecule has 96 heavy (non-hydrogen) atoms. The predicted octanol–water partition coefficient (Wildman–Crippen LogP) is 20.9. The van der Waals surface area contributed by atoms with E-state index in [4.69, 9.17) is 9.97 Å². The first-order valence-electron chi connectivity index (χ1n) is 32.6. The van der Waals surface area contributed by atoms with Gasteiger partial charge in [0.1, 0.15) is 6.07 Å². The van der Waals surface area contributed by atoms with Crippen LogP contribution in [0.15, 0.2) is 346 Å². The molecule has 16 aromatic rings. The van der Waals surface area contributed by atoms with Crippen molar-refractivity contribution in [2.24, 2.45) is 0 Å². The van der Waals surface area contributed by atoms with Gasteiger partial charge in [0.25, 0.3) is 6.71 Å². The van der Waals surface area contributed by atoms with Crippen LogP contribution in [0.1, 0.15) is 5.56 Å². The highest BCUT2D eigenvalue weighted by Gasteiger charge is 2.44. The van der Waals surface area contributed by atoms with Crippen molar-refractivity contribution in [1.82, 2.24) is 14.5 Å². The van der Waals surface area contributed by atoms with Gasteiger partial charge in [-0.3, -0.25) is 0 Å². The van der Waals surface area contributed by atoms with Gasteiger partial charge in [0.15, 0.2) is 5.82 Å². The summed E-state index contributed by atoms with van der Waals surface area (Å²) in [4.78, 5) is 15.5. The standard InChI is InChI=1S/C89H57BN6/c91-58-76-74(89-92-79(65-30-15-5-16-31-65)57-80(93-89)66-32-17-6-18-33-66)35-21-37-82(76)96-81-36-20-19-34-73(81)75-52-67(42-49-83(75)96)70-55-86-88-87(56-70)95(72-47-40-64(41-48-72)60-24-9-2-10-25-60)85-51-44-69(62-28-13-4-14-29-62)54-78(85)90(88)77-53-68(61-26-11-3-12-27-61)43-50-84(77)94(86)71-45-38-63(39-46-71)59-22-7-1-8-23-59/h1-57H. The third-order valence-electron chi connectivity index (χ3n) is 19.3. The van der Waals surface area contributed by atoms with E-state index in [1.165, 1.54) is 49.8 Å². The topological polar surface area (TPSA) is 61.0 Å². The minimum atomic E-state index is -0.164. The van der Waals surface area contributed by atoms with Crippen LogP contribution < -0.4 is 26.2 Å². The van der Waals surface area contributed by atoms with Crippen LogP contribution in [0.5, 0.6) is 0 Å². The third-order valence-corrected chi connectivity index (χ3v) is 19.3. The second kappa shape index (κ2) is 23.3. The lowest BCUT2D eigenvalue weighted by atomic mass is 9.33. The quantitative estimate of drug-likeness (QED) is 0.121. The maximum Gasteiger partial charge on any atom is 0.252 e. The Balaban J connectivity index is 0.868. The SMILES string of the molecule is N#Cc1c(-c2nc(-c3ccccc3)cc(-c3ccccc3)n2)cccc1-n1c2ccccc2c2cc(-c3cc4c5c(c3)N(c3ccc(-c6ccccc6)cc3)c3ccc(-c6ccccc6)cc3B5c3cc(-c5ccccc5)ccc3N4c3ccc(-c4ccccc4)cc3)ccc21. The molecule has 6 nitrogen and oxygen atoms in total. The first kappa shape index (κ1) is 55.9. The number of hydrogen-bond donors (Lipinski definition) is 0. The molecule has 14 aromatic carbocycles. The van der Waals surface area contributed by atoms with E-state index in [9.17, 15) is 5.26 Å². The lowest BCUT2D eigenvalue weighted by molar-refractivity contribution is 1.15. The molecule has 0 spiro atoms. The first-order chi connectivity index (χ1) is 47.6. The number of fused-ring (bicyclic) bond motifs is 7. The number of para-hydroxylation sites is 1. The van der Waals surface area contributed by atoms with Gasteiger partial charge in [-0.05, 0) is 157 Å². The molecule has 0 radical (unpaired) electrons. The van der Waals surface area contributed by atoms with E-state index >= 15 is 0 Å². The van der Waals surface area contributed by atoms with Gasteiger partial charge in [-0.25, -0.2) is 9.97 Å². The summed E-state index contributed by atoms with van der Waals surface area (Å²) in [6, 6.07) is 127. The zero-order chi connectivity index (χ0) is 63.6. The molecule has 0 saturated heterocycles. The third kappa shape index (κ3) is 9.58. The molecular weight excluding hydrogens is 1160 g/mol. The van der Waals surface area contributed by atoms with Crippen LogP contribution in [-0.4, -0.2) is 21.2 Å². The second-order valence-corrected chi connectivity index (χ2v) is 24.7. The van der Waals surface area contributed by atoms with Crippen LogP contribution >= 0.6 is 0 Å². The van der Waals surface area contributed by atoms with Crippen LogP contribution in [0.25, 0.3) is 117 Å². The molecule has 0 saturated carbocycles. The largest absolute Gasteiger partial charge is 0.311 e. The molecule has 18 rings (SSSR count). The van der Waals surface area contributed by atoms with Crippen molar-refractivity contribution in [2.45, 2.75) is 0 Å². The van der Waals surface area contributed by atoms with E-state index in [0.717, 1.165) is 106 Å². The van der Waals surface area contributed by atoms with Crippen LogP contribution in [-0.2, 0) is 0 Å². The molecule has 0 atom stereocenters.